The van der Waals surface area contributed by atoms with Gasteiger partial charge in [0, 0.05) is 10.6 Å². The summed E-state index contributed by atoms with van der Waals surface area (Å²) in [6, 6.07) is 5.13. The van der Waals surface area contributed by atoms with Gasteiger partial charge in [0.1, 0.15) is 0 Å². The first-order valence-corrected chi connectivity index (χ1v) is 5.79. The van der Waals surface area contributed by atoms with Crippen molar-refractivity contribution < 1.29 is 20.1 Å². The van der Waals surface area contributed by atoms with Crippen molar-refractivity contribution in [2.24, 2.45) is 0 Å². The van der Waals surface area contributed by atoms with Crippen molar-refractivity contribution in [1.82, 2.24) is 0 Å². The number of rotatable bonds is 5. The molecule has 0 saturated heterocycles. The van der Waals surface area contributed by atoms with Crippen molar-refractivity contribution in [1.29, 1.82) is 0 Å². The van der Waals surface area contributed by atoms with E-state index in [9.17, 15) is 9.90 Å². The van der Waals surface area contributed by atoms with Crippen molar-refractivity contribution in [3.63, 3.8) is 0 Å². The molecule has 0 saturated carbocycles. The van der Waals surface area contributed by atoms with E-state index >= 15 is 0 Å². The Balaban J connectivity index is 2.82. The standard InChI is InChI=1S/C11H14O4S/c1-7-2-3-10(9(4-7)11(14)15)16-6-8(13)5-12/h2-4,8,12-13H,5-6H2,1H3,(H,14,15). The molecule has 1 unspecified atom stereocenters. The molecule has 0 fully saturated rings. The number of aryl methyl sites for hydroxylation is 1. The van der Waals surface area contributed by atoms with Crippen LogP contribution < -0.4 is 0 Å². The molecule has 0 heterocycles. The molecular formula is C11H14O4S. The predicted octanol–water partition coefficient (Wildman–Crippen LogP) is 1.14. The molecule has 5 heteroatoms. The molecule has 1 atom stereocenters. The van der Waals surface area contributed by atoms with Crippen LogP contribution in [0.1, 0.15) is 15.9 Å². The van der Waals surface area contributed by atoms with Crippen LogP contribution in [-0.2, 0) is 0 Å². The van der Waals surface area contributed by atoms with Crippen molar-refractivity contribution in [3.05, 3.63) is 29.3 Å². The van der Waals surface area contributed by atoms with E-state index in [1.54, 1.807) is 12.1 Å². The lowest BCUT2D eigenvalue weighted by atomic mass is 10.1. The number of carbonyl (C=O) groups is 1. The van der Waals surface area contributed by atoms with Crippen molar-refractivity contribution in [2.75, 3.05) is 12.4 Å². The summed E-state index contributed by atoms with van der Waals surface area (Å²) in [7, 11) is 0. The molecule has 0 radical (unpaired) electrons. The minimum atomic E-state index is -0.982. The summed E-state index contributed by atoms with van der Waals surface area (Å²) in [4.78, 5) is 11.6. The van der Waals surface area contributed by atoms with Crippen LogP contribution in [-0.4, -0.2) is 39.8 Å². The fourth-order valence-corrected chi connectivity index (χ4v) is 2.12. The Morgan fingerprint density at radius 1 is 1.50 bits per heavy atom. The predicted molar refractivity (Wildman–Crippen MR) is 62.0 cm³/mol. The molecule has 0 aliphatic carbocycles. The highest BCUT2D eigenvalue weighted by molar-refractivity contribution is 7.99. The summed E-state index contributed by atoms with van der Waals surface area (Å²) in [5, 5.41) is 26.8. The molecule has 0 amide bonds. The number of carboxylic acids is 1. The first-order chi connectivity index (χ1) is 7.54. The van der Waals surface area contributed by atoms with Crippen molar-refractivity contribution in [3.8, 4) is 0 Å². The number of hydrogen-bond donors (Lipinski definition) is 3. The molecule has 0 aliphatic rings. The highest BCUT2D eigenvalue weighted by Gasteiger charge is 2.12. The van der Waals surface area contributed by atoms with Crippen LogP contribution in [0, 0.1) is 6.92 Å². The minimum absolute atomic E-state index is 0.232. The van der Waals surface area contributed by atoms with E-state index in [1.807, 2.05) is 13.0 Å². The first kappa shape index (κ1) is 13.0. The molecule has 4 nitrogen and oxygen atoms in total. The lowest BCUT2D eigenvalue weighted by Crippen LogP contribution is -2.15. The first-order valence-electron chi connectivity index (χ1n) is 4.80. The maximum absolute atomic E-state index is 11.0. The van der Waals surface area contributed by atoms with Gasteiger partial charge in [0.2, 0.25) is 0 Å². The lowest BCUT2D eigenvalue weighted by Gasteiger charge is -2.09. The molecular weight excluding hydrogens is 228 g/mol. The third-order valence-electron chi connectivity index (χ3n) is 2.01. The Labute approximate surface area is 97.9 Å². The molecule has 1 rings (SSSR count). The van der Waals surface area contributed by atoms with E-state index in [0.29, 0.717) is 4.90 Å². The number of aliphatic hydroxyl groups excluding tert-OH is 2. The maximum atomic E-state index is 11.0. The SMILES string of the molecule is Cc1ccc(SCC(O)CO)c(C(=O)O)c1. The van der Waals surface area contributed by atoms with Gasteiger partial charge in [-0.05, 0) is 19.1 Å². The summed E-state index contributed by atoms with van der Waals surface area (Å²) < 4.78 is 0. The fourth-order valence-electron chi connectivity index (χ4n) is 1.18. The van der Waals surface area contributed by atoms with E-state index in [2.05, 4.69) is 0 Å². The van der Waals surface area contributed by atoms with E-state index in [4.69, 9.17) is 10.2 Å². The number of thioether (sulfide) groups is 1. The summed E-state index contributed by atoms with van der Waals surface area (Å²) in [6.07, 6.45) is -0.826. The summed E-state index contributed by atoms with van der Waals surface area (Å²) in [6.45, 7) is 1.50. The number of hydrogen-bond acceptors (Lipinski definition) is 4. The monoisotopic (exact) mass is 242 g/mol. The van der Waals surface area contributed by atoms with Crippen LogP contribution >= 0.6 is 11.8 Å². The molecule has 88 valence electrons. The molecule has 0 spiro atoms. The maximum Gasteiger partial charge on any atom is 0.336 e. The van der Waals surface area contributed by atoms with Gasteiger partial charge in [-0.3, -0.25) is 0 Å². The highest BCUT2D eigenvalue weighted by Crippen LogP contribution is 2.24. The van der Waals surface area contributed by atoms with Crippen LogP contribution in [0.2, 0.25) is 0 Å². The zero-order valence-corrected chi connectivity index (χ0v) is 9.70. The van der Waals surface area contributed by atoms with Gasteiger partial charge in [-0.15, -0.1) is 11.8 Å². The molecule has 0 aliphatic heterocycles. The quantitative estimate of drug-likeness (QED) is 0.675. The van der Waals surface area contributed by atoms with E-state index in [-0.39, 0.29) is 17.9 Å². The van der Waals surface area contributed by atoms with Crippen LogP contribution in [0.25, 0.3) is 0 Å². The van der Waals surface area contributed by atoms with Gasteiger partial charge in [0.05, 0.1) is 18.3 Å². The van der Waals surface area contributed by atoms with E-state index < -0.39 is 12.1 Å². The zero-order valence-electron chi connectivity index (χ0n) is 8.88. The van der Waals surface area contributed by atoms with Crippen LogP contribution in [0.5, 0.6) is 0 Å². The number of carboxylic acid groups (broad SMARTS) is 1. The number of benzene rings is 1. The summed E-state index contributed by atoms with van der Waals surface area (Å²) in [5.74, 6) is -0.704. The van der Waals surface area contributed by atoms with Gasteiger partial charge in [0.15, 0.2) is 0 Å². The van der Waals surface area contributed by atoms with Crippen molar-refractivity contribution >= 4 is 17.7 Å². The topological polar surface area (TPSA) is 77.8 Å². The zero-order chi connectivity index (χ0) is 12.1. The lowest BCUT2D eigenvalue weighted by molar-refractivity contribution is 0.0693. The second kappa shape index (κ2) is 5.89. The molecule has 1 aromatic rings. The Hall–Kier alpha value is -1.04. The fraction of sp³-hybridized carbons (Fsp3) is 0.364. The second-order valence-corrected chi connectivity index (χ2v) is 4.51. The molecule has 1 aromatic carbocycles. The van der Waals surface area contributed by atoms with Gasteiger partial charge in [-0.2, -0.15) is 0 Å². The largest absolute Gasteiger partial charge is 0.478 e. The van der Waals surface area contributed by atoms with Gasteiger partial charge >= 0.3 is 5.97 Å². The van der Waals surface area contributed by atoms with Gasteiger partial charge in [-0.25, -0.2) is 4.79 Å². The third kappa shape index (κ3) is 3.52. The van der Waals surface area contributed by atoms with Gasteiger partial charge < -0.3 is 15.3 Å². The molecule has 0 bridgehead atoms. The Morgan fingerprint density at radius 2 is 2.19 bits per heavy atom. The van der Waals surface area contributed by atoms with E-state index in [1.165, 1.54) is 11.8 Å². The number of aromatic carboxylic acids is 1. The summed E-state index contributed by atoms with van der Waals surface area (Å²) in [5.41, 5.74) is 1.11. The minimum Gasteiger partial charge on any atom is -0.478 e. The average molecular weight is 242 g/mol. The van der Waals surface area contributed by atoms with Crippen LogP contribution in [0.3, 0.4) is 0 Å². The molecule has 16 heavy (non-hydrogen) atoms. The normalized spacial score (nSPS) is 12.4. The Kier molecular flexibility index (Phi) is 4.79. The van der Waals surface area contributed by atoms with Crippen molar-refractivity contribution in [2.45, 2.75) is 17.9 Å². The molecule has 3 N–H and O–H groups in total. The van der Waals surface area contributed by atoms with Crippen LogP contribution in [0.4, 0.5) is 0 Å². The highest BCUT2D eigenvalue weighted by atomic mass is 32.2. The Bertz CT molecular complexity index is 378. The van der Waals surface area contributed by atoms with E-state index in [0.717, 1.165) is 5.56 Å². The Morgan fingerprint density at radius 3 is 2.75 bits per heavy atom. The second-order valence-electron chi connectivity index (χ2n) is 3.45. The number of aliphatic hydroxyl groups is 2. The van der Waals surface area contributed by atoms with Crippen LogP contribution in [0.15, 0.2) is 23.1 Å². The van der Waals surface area contributed by atoms with Gasteiger partial charge in [0.25, 0.3) is 0 Å². The molecule has 0 aromatic heterocycles. The average Bonchev–Trinajstić information content (AvgIpc) is 2.26. The third-order valence-corrected chi connectivity index (χ3v) is 3.23. The van der Waals surface area contributed by atoms with Gasteiger partial charge in [-0.1, -0.05) is 11.6 Å². The smallest absolute Gasteiger partial charge is 0.336 e. The summed E-state index contributed by atoms with van der Waals surface area (Å²) >= 11 is 1.23.